The van der Waals surface area contributed by atoms with Gasteiger partial charge in [-0.1, -0.05) is 12.8 Å². The van der Waals surface area contributed by atoms with Crippen molar-refractivity contribution in [3.05, 3.63) is 0 Å². The Labute approximate surface area is 92.0 Å². The molecule has 1 saturated heterocycles. The Morgan fingerprint density at radius 3 is 2.60 bits per heavy atom. The van der Waals surface area contributed by atoms with Gasteiger partial charge < -0.3 is 9.84 Å². The van der Waals surface area contributed by atoms with Crippen LogP contribution in [0.5, 0.6) is 0 Å². The summed E-state index contributed by atoms with van der Waals surface area (Å²) in [5, 5.41) is 9.64. The maximum absolute atomic E-state index is 9.64. The minimum absolute atomic E-state index is 0.00253. The highest BCUT2D eigenvalue weighted by atomic mass is 16.6. The van der Waals surface area contributed by atoms with E-state index in [0.717, 1.165) is 24.7 Å². The summed E-state index contributed by atoms with van der Waals surface area (Å²) < 4.78 is 5.57. The third kappa shape index (κ3) is 2.36. The molecule has 0 spiro atoms. The molecule has 0 aromatic carbocycles. The van der Waals surface area contributed by atoms with E-state index in [-0.39, 0.29) is 6.10 Å². The van der Waals surface area contributed by atoms with Gasteiger partial charge in [0.15, 0.2) is 0 Å². The van der Waals surface area contributed by atoms with Gasteiger partial charge in [-0.15, -0.1) is 0 Å². The van der Waals surface area contributed by atoms with Crippen LogP contribution in [0.15, 0.2) is 0 Å². The smallest absolute Gasteiger partial charge is 0.0844 e. The zero-order chi connectivity index (χ0) is 10.3. The highest BCUT2D eigenvalue weighted by Gasteiger charge is 2.44. The van der Waals surface area contributed by atoms with Crippen LogP contribution < -0.4 is 0 Å². The van der Waals surface area contributed by atoms with Gasteiger partial charge in [0.2, 0.25) is 0 Å². The third-order valence-electron chi connectivity index (χ3n) is 4.53. The summed E-state index contributed by atoms with van der Waals surface area (Å²) in [6.07, 6.45) is 11.3. The zero-order valence-corrected chi connectivity index (χ0v) is 9.40. The number of ether oxygens (including phenoxy) is 1. The van der Waals surface area contributed by atoms with E-state index < -0.39 is 0 Å². The van der Waals surface area contributed by atoms with E-state index in [9.17, 15) is 5.11 Å². The molecule has 86 valence electrons. The second-order valence-electron chi connectivity index (χ2n) is 5.81. The lowest BCUT2D eigenvalue weighted by molar-refractivity contribution is 0.0898. The highest BCUT2D eigenvalue weighted by Crippen LogP contribution is 2.43. The average molecular weight is 210 g/mol. The molecular formula is C13H22O2. The number of rotatable bonds is 2. The lowest BCUT2D eigenvalue weighted by Crippen LogP contribution is -2.23. The Morgan fingerprint density at radius 1 is 0.933 bits per heavy atom. The molecule has 3 rings (SSSR count). The van der Waals surface area contributed by atoms with Crippen molar-refractivity contribution in [1.29, 1.82) is 0 Å². The molecular weight excluding hydrogens is 188 g/mol. The molecule has 2 aliphatic carbocycles. The van der Waals surface area contributed by atoms with Crippen LogP contribution in [0.2, 0.25) is 0 Å². The first-order valence-corrected chi connectivity index (χ1v) is 6.65. The lowest BCUT2D eigenvalue weighted by Gasteiger charge is -2.30. The molecule has 2 heteroatoms. The summed E-state index contributed by atoms with van der Waals surface area (Å²) in [4.78, 5) is 0. The van der Waals surface area contributed by atoms with Gasteiger partial charge in [-0.3, -0.25) is 0 Å². The molecule has 1 N–H and O–H groups in total. The van der Waals surface area contributed by atoms with Crippen molar-refractivity contribution < 1.29 is 9.84 Å². The SMILES string of the molecule is OC1CCCC(CC2CCC3OC3C2)C1. The van der Waals surface area contributed by atoms with Crippen LogP contribution >= 0.6 is 0 Å². The molecule has 5 unspecified atom stereocenters. The van der Waals surface area contributed by atoms with E-state index in [2.05, 4.69) is 0 Å². The summed E-state index contributed by atoms with van der Waals surface area (Å²) >= 11 is 0. The molecule has 0 radical (unpaired) electrons. The van der Waals surface area contributed by atoms with Crippen molar-refractivity contribution in [2.24, 2.45) is 11.8 Å². The Hall–Kier alpha value is -0.0800. The fraction of sp³-hybridized carbons (Fsp3) is 1.00. The van der Waals surface area contributed by atoms with Gasteiger partial charge in [-0.25, -0.2) is 0 Å². The second-order valence-corrected chi connectivity index (χ2v) is 5.81. The summed E-state index contributed by atoms with van der Waals surface area (Å²) in [5.74, 6) is 1.69. The van der Waals surface area contributed by atoms with Crippen molar-refractivity contribution in [3.8, 4) is 0 Å². The molecule has 2 nitrogen and oxygen atoms in total. The minimum Gasteiger partial charge on any atom is -0.393 e. The van der Waals surface area contributed by atoms with Crippen molar-refractivity contribution >= 4 is 0 Å². The van der Waals surface area contributed by atoms with Crippen LogP contribution in [0.25, 0.3) is 0 Å². The summed E-state index contributed by atoms with van der Waals surface area (Å²) in [7, 11) is 0. The molecule has 1 heterocycles. The molecule has 15 heavy (non-hydrogen) atoms. The molecule has 0 aromatic rings. The van der Waals surface area contributed by atoms with E-state index in [1.54, 1.807) is 0 Å². The van der Waals surface area contributed by atoms with Gasteiger partial charge in [0.1, 0.15) is 0 Å². The number of aliphatic hydroxyl groups is 1. The number of fused-ring (bicyclic) bond motifs is 1. The summed E-state index contributed by atoms with van der Waals surface area (Å²) in [5.41, 5.74) is 0. The normalized spacial score (nSPS) is 49.8. The largest absolute Gasteiger partial charge is 0.393 e. The molecule has 2 saturated carbocycles. The maximum Gasteiger partial charge on any atom is 0.0844 e. The summed E-state index contributed by atoms with van der Waals surface area (Å²) in [6.45, 7) is 0. The van der Waals surface area contributed by atoms with E-state index in [0.29, 0.717) is 12.2 Å². The fourth-order valence-corrected chi connectivity index (χ4v) is 3.65. The van der Waals surface area contributed by atoms with Crippen LogP contribution in [0, 0.1) is 11.8 Å². The third-order valence-corrected chi connectivity index (χ3v) is 4.53. The lowest BCUT2D eigenvalue weighted by atomic mass is 9.77. The molecule has 3 aliphatic rings. The Kier molecular flexibility index (Phi) is 2.73. The number of epoxide rings is 1. The van der Waals surface area contributed by atoms with E-state index >= 15 is 0 Å². The zero-order valence-electron chi connectivity index (χ0n) is 9.40. The number of hydrogen-bond donors (Lipinski definition) is 1. The number of hydrogen-bond acceptors (Lipinski definition) is 2. The van der Waals surface area contributed by atoms with Crippen molar-refractivity contribution in [1.82, 2.24) is 0 Å². The van der Waals surface area contributed by atoms with Crippen molar-refractivity contribution in [2.45, 2.75) is 69.7 Å². The molecule has 0 bridgehead atoms. The predicted molar refractivity (Wildman–Crippen MR) is 58.6 cm³/mol. The van der Waals surface area contributed by atoms with Gasteiger partial charge in [-0.05, 0) is 50.4 Å². The molecule has 3 fully saturated rings. The summed E-state index contributed by atoms with van der Waals surface area (Å²) in [6, 6.07) is 0. The maximum atomic E-state index is 9.64. The minimum atomic E-state index is -0.00253. The van der Waals surface area contributed by atoms with Gasteiger partial charge in [0.05, 0.1) is 18.3 Å². The average Bonchev–Trinajstić information content (AvgIpc) is 2.96. The number of aliphatic hydroxyl groups excluding tert-OH is 1. The van der Waals surface area contributed by atoms with Crippen LogP contribution in [0.4, 0.5) is 0 Å². The molecule has 0 amide bonds. The first-order chi connectivity index (χ1) is 7.31. The van der Waals surface area contributed by atoms with Crippen LogP contribution in [-0.4, -0.2) is 23.4 Å². The topological polar surface area (TPSA) is 32.8 Å². The monoisotopic (exact) mass is 210 g/mol. The second kappa shape index (κ2) is 4.06. The van der Waals surface area contributed by atoms with Gasteiger partial charge in [-0.2, -0.15) is 0 Å². The predicted octanol–water partition coefficient (Wildman–Crippen LogP) is 2.50. The molecule has 5 atom stereocenters. The Morgan fingerprint density at radius 2 is 1.80 bits per heavy atom. The molecule has 0 aromatic heterocycles. The Balaban J connectivity index is 1.47. The first kappa shape index (κ1) is 10.1. The van der Waals surface area contributed by atoms with Gasteiger partial charge >= 0.3 is 0 Å². The van der Waals surface area contributed by atoms with Gasteiger partial charge in [0, 0.05) is 0 Å². The fourth-order valence-electron chi connectivity index (χ4n) is 3.65. The standard InChI is InChI=1S/C13H22O2/c14-11-3-1-2-9(7-11)6-10-4-5-12-13(8-10)15-12/h9-14H,1-8H2. The van der Waals surface area contributed by atoms with Crippen LogP contribution in [-0.2, 0) is 4.74 Å². The van der Waals surface area contributed by atoms with E-state index in [4.69, 9.17) is 4.74 Å². The first-order valence-electron chi connectivity index (χ1n) is 6.65. The van der Waals surface area contributed by atoms with Crippen LogP contribution in [0.3, 0.4) is 0 Å². The molecule has 1 aliphatic heterocycles. The van der Waals surface area contributed by atoms with E-state index in [1.165, 1.54) is 38.5 Å². The van der Waals surface area contributed by atoms with E-state index in [1.807, 2.05) is 0 Å². The Bertz CT molecular complexity index is 225. The van der Waals surface area contributed by atoms with Crippen molar-refractivity contribution in [2.75, 3.05) is 0 Å². The highest BCUT2D eigenvalue weighted by molar-refractivity contribution is 4.92. The quantitative estimate of drug-likeness (QED) is 0.710. The van der Waals surface area contributed by atoms with Crippen molar-refractivity contribution in [3.63, 3.8) is 0 Å². The van der Waals surface area contributed by atoms with Gasteiger partial charge in [0.25, 0.3) is 0 Å². The van der Waals surface area contributed by atoms with Crippen LogP contribution in [0.1, 0.15) is 51.4 Å².